The molecular formula is C9H21N2O4P. The van der Waals surface area contributed by atoms with E-state index in [1.165, 1.54) is 0 Å². The van der Waals surface area contributed by atoms with Gasteiger partial charge in [0.15, 0.2) is 0 Å². The molecule has 0 radical (unpaired) electrons. The third kappa shape index (κ3) is 7.82. The highest BCUT2D eigenvalue weighted by atomic mass is 31.2. The van der Waals surface area contributed by atoms with Crippen LogP contribution in [0.2, 0.25) is 0 Å². The summed E-state index contributed by atoms with van der Waals surface area (Å²) in [6.45, 7) is 8.20. The lowest BCUT2D eigenvalue weighted by Gasteiger charge is -2.14. The van der Waals surface area contributed by atoms with E-state index in [-0.39, 0.29) is 0 Å². The first kappa shape index (κ1) is 15.6. The average molecular weight is 252 g/mol. The maximum absolute atomic E-state index is 11.3. The van der Waals surface area contributed by atoms with Gasteiger partial charge >= 0.3 is 7.82 Å². The zero-order valence-electron chi connectivity index (χ0n) is 10.1. The maximum atomic E-state index is 11.3. The Balaban J connectivity index is 0.000000368. The van der Waals surface area contributed by atoms with Gasteiger partial charge in [-0.1, -0.05) is 0 Å². The molecule has 0 unspecified atom stereocenters. The summed E-state index contributed by atoms with van der Waals surface area (Å²) in [7, 11) is -3.22. The molecule has 1 rings (SSSR count). The maximum Gasteiger partial charge on any atom is 0.474 e. The SMILES string of the molecule is C1=NCCN1.CCOP(=O)(OCC)OCC. The molecule has 0 bridgehead atoms. The highest BCUT2D eigenvalue weighted by Gasteiger charge is 2.23. The van der Waals surface area contributed by atoms with Crippen molar-refractivity contribution in [1.29, 1.82) is 0 Å². The second-order valence-corrected chi connectivity index (χ2v) is 4.36. The van der Waals surface area contributed by atoms with Gasteiger partial charge in [-0.3, -0.25) is 18.6 Å². The molecule has 0 aromatic carbocycles. The smallest absolute Gasteiger partial charge is 0.375 e. The molecule has 16 heavy (non-hydrogen) atoms. The van der Waals surface area contributed by atoms with Gasteiger partial charge in [0.2, 0.25) is 0 Å². The molecule has 0 fully saturated rings. The first-order valence-corrected chi connectivity index (χ1v) is 6.89. The van der Waals surface area contributed by atoms with Gasteiger partial charge in [0.05, 0.1) is 32.7 Å². The van der Waals surface area contributed by atoms with E-state index in [9.17, 15) is 4.57 Å². The van der Waals surface area contributed by atoms with Crippen LogP contribution in [0.5, 0.6) is 0 Å². The minimum Gasteiger partial charge on any atom is -0.375 e. The zero-order chi connectivity index (χ0) is 12.3. The van der Waals surface area contributed by atoms with Crippen LogP contribution in [0.25, 0.3) is 0 Å². The highest BCUT2D eigenvalue weighted by Crippen LogP contribution is 2.48. The van der Waals surface area contributed by atoms with Crippen LogP contribution >= 0.6 is 7.82 Å². The largest absolute Gasteiger partial charge is 0.474 e. The molecule has 0 aliphatic carbocycles. The lowest BCUT2D eigenvalue weighted by Crippen LogP contribution is -2.04. The van der Waals surface area contributed by atoms with Gasteiger partial charge in [-0.2, -0.15) is 0 Å². The Hall–Kier alpha value is -0.420. The van der Waals surface area contributed by atoms with Crippen molar-refractivity contribution in [3.05, 3.63) is 0 Å². The van der Waals surface area contributed by atoms with E-state index in [0.29, 0.717) is 19.8 Å². The molecule has 0 atom stereocenters. The molecule has 1 aliphatic heterocycles. The van der Waals surface area contributed by atoms with Crippen LogP contribution in [0, 0.1) is 0 Å². The Kier molecular flexibility index (Phi) is 9.52. The standard InChI is InChI=1S/C6H15O4P.C3H6N2/c1-4-8-11(7,9-5-2)10-6-3;1-2-5-3-4-1/h4-6H2,1-3H3;3H,1-2H2,(H,4,5). The van der Waals surface area contributed by atoms with Crippen LogP contribution < -0.4 is 5.32 Å². The summed E-state index contributed by atoms with van der Waals surface area (Å²) < 4.78 is 25.8. The van der Waals surface area contributed by atoms with E-state index in [2.05, 4.69) is 10.3 Å². The van der Waals surface area contributed by atoms with Gasteiger partial charge in [-0.25, -0.2) is 4.57 Å². The Morgan fingerprint density at radius 3 is 1.88 bits per heavy atom. The summed E-state index contributed by atoms with van der Waals surface area (Å²) in [5, 5.41) is 2.93. The lowest BCUT2D eigenvalue weighted by atomic mass is 10.7. The van der Waals surface area contributed by atoms with Gasteiger partial charge < -0.3 is 5.32 Å². The molecule has 96 valence electrons. The van der Waals surface area contributed by atoms with Crippen molar-refractivity contribution in [3.8, 4) is 0 Å². The van der Waals surface area contributed by atoms with Gasteiger partial charge in [-0.05, 0) is 20.8 Å². The first-order chi connectivity index (χ1) is 7.68. The van der Waals surface area contributed by atoms with E-state index in [1.807, 2.05) is 0 Å². The molecule has 0 aromatic rings. The van der Waals surface area contributed by atoms with E-state index in [0.717, 1.165) is 13.1 Å². The molecule has 0 spiro atoms. The minimum absolute atomic E-state index is 0.331. The molecule has 0 aromatic heterocycles. The van der Waals surface area contributed by atoms with Crippen LogP contribution in [0.3, 0.4) is 0 Å². The summed E-state index contributed by atoms with van der Waals surface area (Å²) in [5.41, 5.74) is 0. The Labute approximate surface area is 97.0 Å². The Morgan fingerprint density at radius 2 is 1.69 bits per heavy atom. The third-order valence-corrected chi connectivity index (χ3v) is 3.15. The zero-order valence-corrected chi connectivity index (χ0v) is 11.0. The molecule has 7 heteroatoms. The minimum atomic E-state index is -3.22. The number of hydrogen-bond donors (Lipinski definition) is 1. The van der Waals surface area contributed by atoms with E-state index in [4.69, 9.17) is 13.6 Å². The number of nitrogens with one attached hydrogen (secondary N) is 1. The Bertz CT molecular complexity index is 206. The molecule has 1 heterocycles. The van der Waals surface area contributed by atoms with Crippen molar-refractivity contribution < 1.29 is 18.1 Å². The van der Waals surface area contributed by atoms with Gasteiger partial charge in [0.1, 0.15) is 0 Å². The molecule has 0 amide bonds. The van der Waals surface area contributed by atoms with Gasteiger partial charge in [-0.15, -0.1) is 0 Å². The fraction of sp³-hybridized carbons (Fsp3) is 0.889. The van der Waals surface area contributed by atoms with Crippen molar-refractivity contribution in [3.63, 3.8) is 0 Å². The van der Waals surface area contributed by atoms with E-state index in [1.54, 1.807) is 27.1 Å². The fourth-order valence-electron chi connectivity index (χ4n) is 0.909. The quantitative estimate of drug-likeness (QED) is 0.730. The summed E-state index contributed by atoms with van der Waals surface area (Å²) in [6, 6.07) is 0. The van der Waals surface area contributed by atoms with Crippen LogP contribution in [0.4, 0.5) is 0 Å². The highest BCUT2D eigenvalue weighted by molar-refractivity contribution is 7.48. The van der Waals surface area contributed by atoms with Crippen molar-refractivity contribution in [2.45, 2.75) is 20.8 Å². The number of hydrogen-bond acceptors (Lipinski definition) is 6. The molecule has 1 aliphatic rings. The van der Waals surface area contributed by atoms with Crippen molar-refractivity contribution in [2.24, 2.45) is 4.99 Å². The van der Waals surface area contributed by atoms with Crippen LogP contribution in [-0.4, -0.2) is 39.2 Å². The monoisotopic (exact) mass is 252 g/mol. The van der Waals surface area contributed by atoms with E-state index >= 15 is 0 Å². The Morgan fingerprint density at radius 1 is 1.19 bits per heavy atom. The molecule has 6 nitrogen and oxygen atoms in total. The second kappa shape index (κ2) is 9.78. The first-order valence-electron chi connectivity index (χ1n) is 5.43. The summed E-state index contributed by atoms with van der Waals surface area (Å²) in [5.74, 6) is 0. The molecule has 1 N–H and O–H groups in total. The van der Waals surface area contributed by atoms with Crippen LogP contribution in [-0.2, 0) is 18.1 Å². The summed E-state index contributed by atoms with van der Waals surface area (Å²) in [6.07, 6.45) is 1.74. The lowest BCUT2D eigenvalue weighted by molar-refractivity contribution is 0.126. The van der Waals surface area contributed by atoms with Crippen LogP contribution in [0.1, 0.15) is 20.8 Å². The second-order valence-electron chi connectivity index (χ2n) is 2.69. The molecular weight excluding hydrogens is 231 g/mol. The predicted octanol–water partition coefficient (Wildman–Crippen LogP) is 1.82. The normalized spacial score (nSPS) is 14.2. The predicted molar refractivity (Wildman–Crippen MR) is 63.8 cm³/mol. The van der Waals surface area contributed by atoms with Crippen molar-refractivity contribution >= 4 is 14.2 Å². The summed E-state index contributed by atoms with van der Waals surface area (Å²) >= 11 is 0. The molecule has 0 saturated heterocycles. The number of rotatable bonds is 6. The number of phosphoric ester groups is 1. The van der Waals surface area contributed by atoms with Crippen LogP contribution in [0.15, 0.2) is 4.99 Å². The van der Waals surface area contributed by atoms with Gasteiger partial charge in [0, 0.05) is 6.54 Å². The molecule has 0 saturated carbocycles. The number of aliphatic imine (C=N–C) groups is 1. The van der Waals surface area contributed by atoms with Crippen molar-refractivity contribution in [1.82, 2.24) is 5.32 Å². The topological polar surface area (TPSA) is 69.2 Å². The van der Waals surface area contributed by atoms with Gasteiger partial charge in [0.25, 0.3) is 0 Å². The fourth-order valence-corrected chi connectivity index (χ4v) is 2.08. The number of phosphoric acid groups is 1. The van der Waals surface area contributed by atoms with E-state index < -0.39 is 7.82 Å². The number of nitrogens with zero attached hydrogens (tertiary/aromatic N) is 1. The average Bonchev–Trinajstić information content (AvgIpc) is 2.76. The summed E-state index contributed by atoms with van der Waals surface area (Å²) in [4.78, 5) is 3.85. The third-order valence-electron chi connectivity index (χ3n) is 1.43. The van der Waals surface area contributed by atoms with Crippen molar-refractivity contribution in [2.75, 3.05) is 32.9 Å².